The number of guanidine groups is 1. The Morgan fingerprint density at radius 3 is 2.43 bits per heavy atom. The monoisotopic (exact) mass is 439 g/mol. The van der Waals surface area contributed by atoms with Crippen molar-refractivity contribution in [3.8, 4) is 5.75 Å². The summed E-state index contributed by atoms with van der Waals surface area (Å²) >= 11 is 0. The third-order valence-corrected chi connectivity index (χ3v) is 6.26. The van der Waals surface area contributed by atoms with Gasteiger partial charge in [-0.05, 0) is 50.6 Å². The maximum Gasteiger partial charge on any atom is 0.191 e. The Bertz CT molecular complexity index is 759. The Balaban J connectivity index is 1.62. The number of benzene rings is 1. The fraction of sp³-hybridized carbons (Fsp3) is 0.667. The molecule has 30 heavy (non-hydrogen) atoms. The zero-order valence-corrected chi connectivity index (χ0v) is 19.5. The van der Waals surface area contributed by atoms with Crippen molar-refractivity contribution < 1.29 is 13.2 Å². The molecule has 8 nitrogen and oxygen atoms in total. The van der Waals surface area contributed by atoms with Crippen molar-refractivity contribution in [2.75, 3.05) is 70.3 Å². The smallest absolute Gasteiger partial charge is 0.191 e. The van der Waals surface area contributed by atoms with Crippen molar-refractivity contribution in [1.82, 2.24) is 15.5 Å². The van der Waals surface area contributed by atoms with Crippen LogP contribution in [0.2, 0.25) is 0 Å². The molecule has 1 aliphatic rings. The average molecular weight is 440 g/mol. The van der Waals surface area contributed by atoms with Gasteiger partial charge >= 0.3 is 0 Å². The van der Waals surface area contributed by atoms with Gasteiger partial charge in [0.1, 0.15) is 15.6 Å². The predicted molar refractivity (Wildman–Crippen MR) is 125 cm³/mol. The van der Waals surface area contributed by atoms with Crippen molar-refractivity contribution in [3.05, 3.63) is 24.3 Å². The van der Waals surface area contributed by atoms with Gasteiger partial charge < -0.3 is 20.3 Å². The van der Waals surface area contributed by atoms with Gasteiger partial charge in [-0.3, -0.25) is 9.89 Å². The minimum absolute atomic E-state index is 0.0527. The van der Waals surface area contributed by atoms with Crippen molar-refractivity contribution in [2.24, 2.45) is 4.99 Å². The van der Waals surface area contributed by atoms with Crippen LogP contribution in [0.3, 0.4) is 0 Å². The van der Waals surface area contributed by atoms with E-state index >= 15 is 0 Å². The second-order valence-electron chi connectivity index (χ2n) is 7.84. The van der Waals surface area contributed by atoms with Gasteiger partial charge in [0, 0.05) is 57.8 Å². The van der Waals surface area contributed by atoms with Gasteiger partial charge in [0.15, 0.2) is 5.96 Å². The molecule has 170 valence electrons. The van der Waals surface area contributed by atoms with Crippen LogP contribution in [0.15, 0.2) is 29.3 Å². The lowest BCUT2D eigenvalue weighted by molar-refractivity contribution is 0.255. The lowest BCUT2D eigenvalue weighted by Gasteiger charge is -2.36. The average Bonchev–Trinajstić information content (AvgIpc) is 2.74. The Labute approximate surface area is 181 Å². The lowest BCUT2D eigenvalue weighted by Crippen LogP contribution is -2.47. The molecule has 1 aromatic carbocycles. The van der Waals surface area contributed by atoms with E-state index in [9.17, 15) is 8.42 Å². The molecule has 0 amide bonds. The first-order valence-corrected chi connectivity index (χ1v) is 12.6. The Morgan fingerprint density at radius 1 is 1.20 bits per heavy atom. The maximum absolute atomic E-state index is 11.3. The second-order valence-corrected chi connectivity index (χ2v) is 10.1. The molecule has 0 bridgehead atoms. The largest absolute Gasteiger partial charge is 0.497 e. The van der Waals surface area contributed by atoms with Crippen LogP contribution in [-0.2, 0) is 9.84 Å². The van der Waals surface area contributed by atoms with Crippen LogP contribution in [-0.4, -0.2) is 90.8 Å². The van der Waals surface area contributed by atoms with Crippen LogP contribution < -0.4 is 20.3 Å². The maximum atomic E-state index is 11.3. The van der Waals surface area contributed by atoms with E-state index in [1.807, 2.05) is 19.1 Å². The first-order chi connectivity index (χ1) is 14.3. The zero-order chi connectivity index (χ0) is 22.0. The van der Waals surface area contributed by atoms with E-state index in [4.69, 9.17) is 4.74 Å². The first-order valence-electron chi connectivity index (χ1n) is 10.6. The summed E-state index contributed by atoms with van der Waals surface area (Å²) in [6, 6.07) is 8.31. The minimum Gasteiger partial charge on any atom is -0.497 e. The van der Waals surface area contributed by atoms with E-state index in [0.717, 1.165) is 57.4 Å². The van der Waals surface area contributed by atoms with Gasteiger partial charge in [-0.25, -0.2) is 8.42 Å². The van der Waals surface area contributed by atoms with Gasteiger partial charge in [0.05, 0.1) is 12.9 Å². The fourth-order valence-electron chi connectivity index (χ4n) is 3.42. The Hall–Kier alpha value is -2.00. The Morgan fingerprint density at radius 2 is 1.87 bits per heavy atom. The number of anilines is 1. The molecule has 1 fully saturated rings. The van der Waals surface area contributed by atoms with Gasteiger partial charge in [-0.1, -0.05) is 0 Å². The van der Waals surface area contributed by atoms with Crippen molar-refractivity contribution in [3.63, 3.8) is 0 Å². The van der Waals surface area contributed by atoms with Crippen LogP contribution in [0.25, 0.3) is 0 Å². The molecule has 1 heterocycles. The molecule has 1 unspecified atom stereocenters. The molecule has 0 saturated carbocycles. The minimum atomic E-state index is -2.93. The molecular weight excluding hydrogens is 402 g/mol. The second kappa shape index (κ2) is 12.0. The molecule has 0 aliphatic carbocycles. The third-order valence-electron chi connectivity index (χ3n) is 5.28. The van der Waals surface area contributed by atoms with Crippen LogP contribution in [0.5, 0.6) is 5.75 Å². The normalized spacial score (nSPS) is 16.9. The summed E-state index contributed by atoms with van der Waals surface area (Å²) in [6.45, 7) is 8.02. The van der Waals surface area contributed by atoms with Crippen LogP contribution in [0.1, 0.15) is 19.8 Å². The number of nitrogens with one attached hydrogen (secondary N) is 2. The zero-order valence-electron chi connectivity index (χ0n) is 18.7. The van der Waals surface area contributed by atoms with Gasteiger partial charge in [0.25, 0.3) is 0 Å². The predicted octanol–water partition coefficient (Wildman–Crippen LogP) is 1.20. The number of sulfone groups is 1. The first kappa shape index (κ1) is 24.3. The highest BCUT2D eigenvalue weighted by Gasteiger charge is 2.17. The van der Waals surface area contributed by atoms with E-state index in [1.165, 1.54) is 11.9 Å². The summed E-state index contributed by atoms with van der Waals surface area (Å²) in [7, 11) is 0.486. The molecule has 1 aliphatic heterocycles. The molecule has 0 aromatic heterocycles. The van der Waals surface area contributed by atoms with Crippen LogP contribution in [0.4, 0.5) is 5.69 Å². The molecule has 0 radical (unpaired) electrons. The summed E-state index contributed by atoms with van der Waals surface area (Å²) in [5.41, 5.74) is 1.25. The molecule has 9 heteroatoms. The fourth-order valence-corrected chi connectivity index (χ4v) is 4.20. The van der Waals surface area contributed by atoms with Gasteiger partial charge in [-0.15, -0.1) is 0 Å². The van der Waals surface area contributed by atoms with E-state index in [0.29, 0.717) is 6.42 Å². The highest BCUT2D eigenvalue weighted by Crippen LogP contribution is 2.20. The van der Waals surface area contributed by atoms with Gasteiger partial charge in [-0.2, -0.15) is 0 Å². The number of methoxy groups -OCH3 is 1. The number of hydrogen-bond donors (Lipinski definition) is 2. The highest BCUT2D eigenvalue weighted by atomic mass is 32.2. The Kier molecular flexibility index (Phi) is 9.71. The molecular formula is C21H37N5O3S. The molecule has 0 spiro atoms. The molecule has 1 saturated heterocycles. The van der Waals surface area contributed by atoms with E-state index in [1.54, 1.807) is 14.2 Å². The number of hydrogen-bond acceptors (Lipinski definition) is 6. The van der Waals surface area contributed by atoms with Crippen LogP contribution in [0, 0.1) is 0 Å². The summed E-state index contributed by atoms with van der Waals surface area (Å²) in [6.07, 6.45) is 2.86. The summed E-state index contributed by atoms with van der Waals surface area (Å²) < 4.78 is 27.8. The van der Waals surface area contributed by atoms with Crippen molar-refractivity contribution >= 4 is 21.5 Å². The molecule has 2 N–H and O–H groups in total. The lowest BCUT2D eigenvalue weighted by atomic mass is 10.2. The number of aliphatic imine (C=N–C) groups is 1. The van der Waals surface area contributed by atoms with Gasteiger partial charge in [0.2, 0.25) is 0 Å². The molecule has 1 atom stereocenters. The van der Waals surface area contributed by atoms with Crippen LogP contribution >= 0.6 is 0 Å². The van der Waals surface area contributed by atoms with E-state index in [2.05, 4.69) is 37.6 Å². The summed E-state index contributed by atoms with van der Waals surface area (Å²) in [5.74, 6) is 1.79. The molecule has 1 aromatic rings. The number of nitrogens with zero attached hydrogens (tertiary/aromatic N) is 3. The summed E-state index contributed by atoms with van der Waals surface area (Å²) in [4.78, 5) is 9.14. The SMILES string of the molecule is CN=C(NCCCN1CCN(c2ccc(OC)cc2)CC1)NC(C)CCS(C)(=O)=O. The highest BCUT2D eigenvalue weighted by molar-refractivity contribution is 7.90. The van der Waals surface area contributed by atoms with Crippen molar-refractivity contribution in [1.29, 1.82) is 0 Å². The third kappa shape index (κ3) is 8.79. The number of piperazine rings is 1. The molecule has 2 rings (SSSR count). The van der Waals surface area contributed by atoms with Crippen molar-refractivity contribution in [2.45, 2.75) is 25.8 Å². The topological polar surface area (TPSA) is 86.3 Å². The summed E-state index contributed by atoms with van der Waals surface area (Å²) in [5, 5.41) is 6.58. The number of rotatable bonds is 10. The standard InChI is InChI=1S/C21H37N5O3S/c1-18(10-17-30(4,27)28)24-21(22-2)23-11-5-12-25-13-15-26(16-14-25)19-6-8-20(29-3)9-7-19/h6-9,18H,5,10-17H2,1-4H3,(H2,22,23,24). The quantitative estimate of drug-likeness (QED) is 0.322. The van der Waals surface area contributed by atoms with E-state index < -0.39 is 9.84 Å². The van der Waals surface area contributed by atoms with E-state index in [-0.39, 0.29) is 11.8 Å². The number of ether oxygens (including phenoxy) is 1.